The van der Waals surface area contributed by atoms with Crippen LogP contribution in [0.25, 0.3) is 0 Å². The fourth-order valence-electron chi connectivity index (χ4n) is 4.49. The maximum atomic E-state index is 12.0. The number of rotatable bonds is 8. The van der Waals surface area contributed by atoms with E-state index in [1.54, 1.807) is 13.8 Å². The Morgan fingerprint density at radius 3 is 1.40 bits per heavy atom. The van der Waals surface area contributed by atoms with Crippen molar-refractivity contribution in [3.05, 3.63) is 24.3 Å². The van der Waals surface area contributed by atoms with Crippen LogP contribution in [0.5, 0.6) is 0 Å². The van der Waals surface area contributed by atoms with Gasteiger partial charge in [0.1, 0.15) is 13.2 Å². The predicted molar refractivity (Wildman–Crippen MR) is 97.9 cm³/mol. The molecule has 0 radical (unpaired) electrons. The maximum absolute atomic E-state index is 12.0. The number of hydrogen-bond acceptors (Lipinski definition) is 4. The van der Waals surface area contributed by atoms with Crippen LogP contribution in [0.15, 0.2) is 24.3 Å². The Hall–Kier alpha value is -1.58. The zero-order chi connectivity index (χ0) is 18.4. The van der Waals surface area contributed by atoms with Gasteiger partial charge >= 0.3 is 11.9 Å². The standard InChI is InChI=1S/C21H32O4/c1-15(2)19(22)24-13-21(17-9-5-6-10-17,18-11-7-8-12-18)14-25-20(23)16(3)4/h17-18H,1,3,5-14H2,2,4H3. The molecule has 2 saturated carbocycles. The summed E-state index contributed by atoms with van der Waals surface area (Å²) < 4.78 is 11.3. The van der Waals surface area contributed by atoms with Gasteiger partial charge in [-0.05, 0) is 51.4 Å². The van der Waals surface area contributed by atoms with E-state index in [2.05, 4.69) is 13.2 Å². The summed E-state index contributed by atoms with van der Waals surface area (Å²) in [5.74, 6) is 0.163. The molecule has 140 valence electrons. The van der Waals surface area contributed by atoms with Gasteiger partial charge in [0, 0.05) is 16.6 Å². The van der Waals surface area contributed by atoms with Gasteiger partial charge in [0.2, 0.25) is 0 Å². The molecule has 0 aliphatic heterocycles. The van der Waals surface area contributed by atoms with E-state index in [9.17, 15) is 9.59 Å². The van der Waals surface area contributed by atoms with Crippen LogP contribution in [0.4, 0.5) is 0 Å². The molecule has 0 saturated heterocycles. The highest BCUT2D eigenvalue weighted by atomic mass is 16.5. The molecule has 4 nitrogen and oxygen atoms in total. The molecule has 4 heteroatoms. The lowest BCUT2D eigenvalue weighted by Crippen LogP contribution is -2.45. The van der Waals surface area contributed by atoms with Crippen molar-refractivity contribution in [1.29, 1.82) is 0 Å². The Bertz CT molecular complexity index is 474. The van der Waals surface area contributed by atoms with Gasteiger partial charge in [-0.15, -0.1) is 0 Å². The molecule has 2 aliphatic rings. The Kier molecular flexibility index (Phi) is 6.86. The molecule has 0 bridgehead atoms. The van der Waals surface area contributed by atoms with E-state index in [0.29, 0.717) is 36.2 Å². The number of carbonyl (C=O) groups is 2. The molecule has 0 spiro atoms. The average molecular weight is 348 g/mol. The van der Waals surface area contributed by atoms with Gasteiger partial charge < -0.3 is 9.47 Å². The minimum absolute atomic E-state index is 0.275. The predicted octanol–water partition coefficient (Wildman–Crippen LogP) is 4.59. The van der Waals surface area contributed by atoms with Crippen molar-refractivity contribution >= 4 is 11.9 Å². The molecule has 0 heterocycles. The second kappa shape index (κ2) is 8.68. The van der Waals surface area contributed by atoms with E-state index in [1.807, 2.05) is 0 Å². The van der Waals surface area contributed by atoms with Gasteiger partial charge in [-0.1, -0.05) is 38.8 Å². The number of hydrogen-bond donors (Lipinski definition) is 0. The molecule has 25 heavy (non-hydrogen) atoms. The third-order valence-corrected chi connectivity index (χ3v) is 5.98. The zero-order valence-electron chi connectivity index (χ0n) is 15.8. The topological polar surface area (TPSA) is 52.6 Å². The summed E-state index contributed by atoms with van der Waals surface area (Å²) in [7, 11) is 0. The SMILES string of the molecule is C=C(C)C(=O)OCC(COC(=O)C(=C)C)(C1CCCC1)C1CCCC1. The lowest BCUT2D eigenvalue weighted by molar-refractivity contribution is -0.157. The first-order valence-electron chi connectivity index (χ1n) is 9.52. The Balaban J connectivity index is 2.23. The molecule has 2 fully saturated rings. The molecular formula is C21H32O4. The van der Waals surface area contributed by atoms with Crippen molar-refractivity contribution in [2.75, 3.05) is 13.2 Å². The third kappa shape index (κ3) is 4.74. The fraction of sp³-hybridized carbons (Fsp3) is 0.714. The summed E-state index contributed by atoms with van der Waals surface area (Å²) in [6, 6.07) is 0. The van der Waals surface area contributed by atoms with Crippen LogP contribution in [-0.4, -0.2) is 25.2 Å². The first kappa shape index (κ1) is 19.7. The molecule has 2 aliphatic carbocycles. The molecule has 0 aromatic carbocycles. The summed E-state index contributed by atoms with van der Waals surface area (Å²) in [5, 5.41) is 0. The Labute approximate surface area is 151 Å². The Morgan fingerprint density at radius 2 is 1.12 bits per heavy atom. The van der Waals surface area contributed by atoms with Gasteiger partial charge in [0.15, 0.2) is 0 Å². The lowest BCUT2D eigenvalue weighted by atomic mass is 9.65. The van der Waals surface area contributed by atoms with E-state index in [4.69, 9.17) is 9.47 Å². The lowest BCUT2D eigenvalue weighted by Gasteiger charge is -2.43. The number of carbonyl (C=O) groups excluding carboxylic acids is 2. The van der Waals surface area contributed by atoms with E-state index in [0.717, 1.165) is 25.7 Å². The monoisotopic (exact) mass is 348 g/mol. The van der Waals surface area contributed by atoms with Crippen LogP contribution in [0, 0.1) is 17.3 Å². The van der Waals surface area contributed by atoms with Crippen molar-refractivity contribution in [1.82, 2.24) is 0 Å². The normalized spacial score (nSPS) is 19.0. The van der Waals surface area contributed by atoms with Crippen molar-refractivity contribution < 1.29 is 19.1 Å². The molecular weight excluding hydrogens is 316 g/mol. The number of esters is 2. The van der Waals surface area contributed by atoms with E-state index < -0.39 is 0 Å². The average Bonchev–Trinajstić information content (AvgIpc) is 3.28. The quantitative estimate of drug-likeness (QED) is 0.475. The van der Waals surface area contributed by atoms with Crippen LogP contribution in [0.3, 0.4) is 0 Å². The first-order valence-corrected chi connectivity index (χ1v) is 9.52. The van der Waals surface area contributed by atoms with Gasteiger partial charge in [-0.3, -0.25) is 0 Å². The molecule has 0 amide bonds. The summed E-state index contributed by atoms with van der Waals surface area (Å²) in [6.07, 6.45) is 9.25. The number of ether oxygens (including phenoxy) is 2. The first-order chi connectivity index (χ1) is 11.9. The molecule has 0 N–H and O–H groups in total. The molecule has 2 rings (SSSR count). The minimum atomic E-state index is -0.355. The van der Waals surface area contributed by atoms with Crippen LogP contribution >= 0.6 is 0 Å². The van der Waals surface area contributed by atoms with E-state index in [1.165, 1.54) is 25.7 Å². The third-order valence-electron chi connectivity index (χ3n) is 5.98. The highest BCUT2D eigenvalue weighted by Gasteiger charge is 2.49. The van der Waals surface area contributed by atoms with Crippen molar-refractivity contribution in [2.24, 2.45) is 17.3 Å². The van der Waals surface area contributed by atoms with Crippen molar-refractivity contribution in [2.45, 2.75) is 65.2 Å². The van der Waals surface area contributed by atoms with Crippen LogP contribution in [-0.2, 0) is 19.1 Å². The summed E-state index contributed by atoms with van der Waals surface area (Å²) in [4.78, 5) is 24.0. The molecule has 0 unspecified atom stereocenters. The van der Waals surface area contributed by atoms with Crippen LogP contribution in [0.2, 0.25) is 0 Å². The second-order valence-corrected chi connectivity index (χ2v) is 7.91. The second-order valence-electron chi connectivity index (χ2n) is 7.91. The highest BCUT2D eigenvalue weighted by Crippen LogP contribution is 2.51. The smallest absolute Gasteiger partial charge is 0.333 e. The van der Waals surface area contributed by atoms with E-state index in [-0.39, 0.29) is 17.4 Å². The summed E-state index contributed by atoms with van der Waals surface area (Å²) >= 11 is 0. The zero-order valence-corrected chi connectivity index (χ0v) is 15.8. The van der Waals surface area contributed by atoms with Crippen molar-refractivity contribution in [3.8, 4) is 0 Å². The van der Waals surface area contributed by atoms with Gasteiger partial charge in [0.05, 0.1) is 0 Å². The van der Waals surface area contributed by atoms with Crippen LogP contribution in [0.1, 0.15) is 65.2 Å². The van der Waals surface area contributed by atoms with E-state index >= 15 is 0 Å². The van der Waals surface area contributed by atoms with Gasteiger partial charge in [-0.25, -0.2) is 9.59 Å². The molecule has 0 atom stereocenters. The molecule has 0 aromatic rings. The van der Waals surface area contributed by atoms with Gasteiger partial charge in [0.25, 0.3) is 0 Å². The summed E-state index contributed by atoms with van der Waals surface area (Å²) in [5.41, 5.74) is 0.541. The largest absolute Gasteiger partial charge is 0.462 e. The Morgan fingerprint density at radius 1 is 0.800 bits per heavy atom. The highest BCUT2D eigenvalue weighted by molar-refractivity contribution is 5.87. The van der Waals surface area contributed by atoms with Crippen molar-refractivity contribution in [3.63, 3.8) is 0 Å². The summed E-state index contributed by atoms with van der Waals surface area (Å²) in [6.45, 7) is 11.3. The van der Waals surface area contributed by atoms with Crippen LogP contribution < -0.4 is 0 Å². The van der Waals surface area contributed by atoms with Gasteiger partial charge in [-0.2, -0.15) is 0 Å². The minimum Gasteiger partial charge on any atom is -0.462 e. The fourth-order valence-corrected chi connectivity index (χ4v) is 4.49. The maximum Gasteiger partial charge on any atom is 0.333 e. The molecule has 0 aromatic heterocycles.